The Kier molecular flexibility index (Phi) is 4.21. The topological polar surface area (TPSA) is 60.5 Å². The lowest BCUT2D eigenvalue weighted by atomic mass is 10.1. The molecular weight excluding hydrogens is 328 g/mol. The van der Waals surface area contributed by atoms with Gasteiger partial charge in [-0.15, -0.1) is 0 Å². The number of fused-ring (bicyclic) bond motifs is 2. The van der Waals surface area contributed by atoms with Gasteiger partial charge >= 0.3 is 0 Å². The summed E-state index contributed by atoms with van der Waals surface area (Å²) in [6, 6.07) is 13.4. The van der Waals surface area contributed by atoms with Gasteiger partial charge in [-0.25, -0.2) is 0 Å². The zero-order valence-electron chi connectivity index (χ0n) is 14.8. The number of aromatic nitrogens is 1. The first-order chi connectivity index (χ1) is 12.6. The van der Waals surface area contributed by atoms with Crippen LogP contribution in [0, 0.1) is 13.8 Å². The summed E-state index contributed by atoms with van der Waals surface area (Å²) in [5, 5.41) is 3.89. The molecule has 0 bridgehead atoms. The van der Waals surface area contributed by atoms with Crippen LogP contribution in [0.25, 0.3) is 10.9 Å². The molecule has 4 rings (SSSR count). The molecule has 3 aromatic rings. The predicted molar refractivity (Wildman–Crippen MR) is 101 cm³/mol. The monoisotopic (exact) mass is 348 g/mol. The van der Waals surface area contributed by atoms with Crippen molar-refractivity contribution in [3.8, 4) is 11.5 Å². The van der Waals surface area contributed by atoms with Gasteiger partial charge in [-0.05, 0) is 44.2 Å². The van der Waals surface area contributed by atoms with E-state index in [1.165, 1.54) is 0 Å². The van der Waals surface area contributed by atoms with Gasteiger partial charge in [-0.2, -0.15) is 0 Å². The quantitative estimate of drug-likeness (QED) is 0.751. The summed E-state index contributed by atoms with van der Waals surface area (Å²) in [5.74, 6) is 1.18. The second-order valence-corrected chi connectivity index (χ2v) is 6.48. The molecule has 1 aliphatic rings. The largest absolute Gasteiger partial charge is 0.490 e. The van der Waals surface area contributed by atoms with Gasteiger partial charge < -0.3 is 14.8 Å². The zero-order valence-corrected chi connectivity index (χ0v) is 14.8. The second-order valence-electron chi connectivity index (χ2n) is 6.48. The van der Waals surface area contributed by atoms with Crippen molar-refractivity contribution < 1.29 is 14.3 Å². The van der Waals surface area contributed by atoms with Crippen molar-refractivity contribution in [2.75, 3.05) is 18.5 Å². The Morgan fingerprint density at radius 2 is 1.81 bits per heavy atom. The van der Waals surface area contributed by atoms with Crippen LogP contribution < -0.4 is 14.8 Å². The third-order valence-corrected chi connectivity index (χ3v) is 4.41. The Morgan fingerprint density at radius 3 is 2.65 bits per heavy atom. The lowest BCUT2D eigenvalue weighted by molar-refractivity contribution is 0.102. The molecule has 0 aliphatic carbocycles. The molecule has 1 aliphatic heterocycles. The molecule has 2 heterocycles. The van der Waals surface area contributed by atoms with E-state index in [0.29, 0.717) is 41.7 Å². The van der Waals surface area contributed by atoms with Crippen molar-refractivity contribution in [1.82, 2.24) is 4.98 Å². The van der Waals surface area contributed by atoms with E-state index in [1.807, 2.05) is 50.2 Å². The number of carbonyl (C=O) groups excluding carboxylic acids is 1. The Balaban J connectivity index is 1.63. The van der Waals surface area contributed by atoms with E-state index in [9.17, 15) is 4.79 Å². The number of anilines is 1. The minimum atomic E-state index is -0.187. The molecular formula is C21H20N2O3. The molecule has 5 heteroatoms. The van der Waals surface area contributed by atoms with Crippen LogP contribution in [0.3, 0.4) is 0 Å². The fourth-order valence-corrected chi connectivity index (χ4v) is 3.06. The van der Waals surface area contributed by atoms with E-state index in [0.717, 1.165) is 22.9 Å². The van der Waals surface area contributed by atoms with Crippen LogP contribution in [0.1, 0.15) is 28.0 Å². The van der Waals surface area contributed by atoms with Crippen LogP contribution in [0.4, 0.5) is 5.69 Å². The highest BCUT2D eigenvalue weighted by molar-refractivity contribution is 6.07. The molecule has 0 unspecified atom stereocenters. The first kappa shape index (κ1) is 16.4. The van der Waals surface area contributed by atoms with Crippen LogP contribution >= 0.6 is 0 Å². The Bertz CT molecular complexity index is 998. The van der Waals surface area contributed by atoms with E-state index >= 15 is 0 Å². The summed E-state index contributed by atoms with van der Waals surface area (Å²) in [5.41, 5.74) is 3.96. The van der Waals surface area contributed by atoms with Crippen LogP contribution in [-0.4, -0.2) is 24.1 Å². The fraction of sp³-hybridized carbons (Fsp3) is 0.238. The number of rotatable bonds is 2. The standard InChI is InChI=1S/C21H20N2O3/c1-13-4-6-18-15(10-13)11-17(14(2)22-18)21(24)23-16-5-7-19-20(12-16)26-9-3-8-25-19/h4-7,10-12H,3,8-9H2,1-2H3,(H,23,24). The van der Waals surface area contributed by atoms with Gasteiger partial charge in [-0.3, -0.25) is 9.78 Å². The maximum atomic E-state index is 12.8. The van der Waals surface area contributed by atoms with Crippen LogP contribution in [-0.2, 0) is 0 Å². The summed E-state index contributed by atoms with van der Waals surface area (Å²) in [7, 11) is 0. The lowest BCUT2D eigenvalue weighted by Crippen LogP contribution is -2.14. The van der Waals surface area contributed by atoms with Crippen molar-refractivity contribution in [3.63, 3.8) is 0 Å². The average molecular weight is 348 g/mol. The summed E-state index contributed by atoms with van der Waals surface area (Å²) in [4.78, 5) is 17.3. The lowest BCUT2D eigenvalue weighted by Gasteiger charge is -2.12. The van der Waals surface area contributed by atoms with Gasteiger partial charge in [0.25, 0.3) is 5.91 Å². The highest BCUT2D eigenvalue weighted by Gasteiger charge is 2.15. The number of ether oxygens (including phenoxy) is 2. The molecule has 1 amide bonds. The minimum Gasteiger partial charge on any atom is -0.490 e. The van der Waals surface area contributed by atoms with Crippen molar-refractivity contribution in [1.29, 1.82) is 0 Å². The molecule has 0 saturated heterocycles. The number of nitrogens with one attached hydrogen (secondary N) is 1. The van der Waals surface area contributed by atoms with Crippen molar-refractivity contribution in [3.05, 3.63) is 59.3 Å². The number of carbonyl (C=O) groups is 1. The summed E-state index contributed by atoms with van der Waals surface area (Å²) in [6.07, 6.45) is 0.845. The maximum absolute atomic E-state index is 12.8. The van der Waals surface area contributed by atoms with Crippen molar-refractivity contribution in [2.45, 2.75) is 20.3 Å². The van der Waals surface area contributed by atoms with E-state index in [1.54, 1.807) is 6.07 Å². The first-order valence-electron chi connectivity index (χ1n) is 8.69. The molecule has 1 aromatic heterocycles. The third-order valence-electron chi connectivity index (χ3n) is 4.41. The van der Waals surface area contributed by atoms with Crippen LogP contribution in [0.2, 0.25) is 0 Å². The fourth-order valence-electron chi connectivity index (χ4n) is 3.06. The SMILES string of the molecule is Cc1ccc2nc(C)c(C(=O)Nc3ccc4c(c3)OCCCO4)cc2c1. The molecule has 0 radical (unpaired) electrons. The van der Waals surface area contributed by atoms with E-state index < -0.39 is 0 Å². The number of benzene rings is 2. The molecule has 0 saturated carbocycles. The number of amides is 1. The smallest absolute Gasteiger partial charge is 0.257 e. The first-order valence-corrected chi connectivity index (χ1v) is 8.69. The van der Waals surface area contributed by atoms with Gasteiger partial charge in [-0.1, -0.05) is 11.6 Å². The average Bonchev–Trinajstić information content (AvgIpc) is 2.86. The van der Waals surface area contributed by atoms with Gasteiger partial charge in [0, 0.05) is 23.6 Å². The minimum absolute atomic E-state index is 0.187. The van der Waals surface area contributed by atoms with E-state index in [2.05, 4.69) is 10.3 Å². The normalized spacial score (nSPS) is 13.3. The second kappa shape index (κ2) is 6.67. The molecule has 132 valence electrons. The van der Waals surface area contributed by atoms with Gasteiger partial charge in [0.05, 0.1) is 30.0 Å². The highest BCUT2D eigenvalue weighted by atomic mass is 16.5. The maximum Gasteiger partial charge on any atom is 0.257 e. The van der Waals surface area contributed by atoms with Crippen molar-refractivity contribution >= 4 is 22.5 Å². The third kappa shape index (κ3) is 3.20. The Morgan fingerprint density at radius 1 is 1.00 bits per heavy atom. The molecule has 0 spiro atoms. The van der Waals surface area contributed by atoms with Crippen LogP contribution in [0.5, 0.6) is 11.5 Å². The predicted octanol–water partition coefficient (Wildman–Crippen LogP) is 4.27. The number of pyridine rings is 1. The Hall–Kier alpha value is -3.08. The number of nitrogens with zero attached hydrogens (tertiary/aromatic N) is 1. The highest BCUT2D eigenvalue weighted by Crippen LogP contribution is 2.32. The molecule has 2 aromatic carbocycles. The number of hydrogen-bond donors (Lipinski definition) is 1. The zero-order chi connectivity index (χ0) is 18.1. The van der Waals surface area contributed by atoms with Gasteiger partial charge in [0.15, 0.2) is 11.5 Å². The Labute approximate surface area is 152 Å². The summed E-state index contributed by atoms with van der Waals surface area (Å²) >= 11 is 0. The van der Waals surface area contributed by atoms with Gasteiger partial charge in [0.2, 0.25) is 0 Å². The molecule has 0 fully saturated rings. The molecule has 5 nitrogen and oxygen atoms in total. The number of hydrogen-bond acceptors (Lipinski definition) is 4. The molecule has 1 N–H and O–H groups in total. The molecule has 0 atom stereocenters. The van der Waals surface area contributed by atoms with E-state index in [-0.39, 0.29) is 5.91 Å². The van der Waals surface area contributed by atoms with Gasteiger partial charge in [0.1, 0.15) is 0 Å². The van der Waals surface area contributed by atoms with E-state index in [4.69, 9.17) is 9.47 Å². The number of aryl methyl sites for hydroxylation is 2. The van der Waals surface area contributed by atoms with Crippen LogP contribution in [0.15, 0.2) is 42.5 Å². The van der Waals surface area contributed by atoms with Crippen molar-refractivity contribution in [2.24, 2.45) is 0 Å². The molecule has 26 heavy (non-hydrogen) atoms. The summed E-state index contributed by atoms with van der Waals surface area (Å²) < 4.78 is 11.3. The summed E-state index contributed by atoms with van der Waals surface area (Å²) in [6.45, 7) is 5.12.